The highest BCUT2D eigenvalue weighted by Gasteiger charge is 2.05. The van der Waals surface area contributed by atoms with Crippen molar-refractivity contribution in [2.75, 3.05) is 5.32 Å². The number of hydrogen-bond donors (Lipinski definition) is 1. The van der Waals surface area contributed by atoms with E-state index in [1.807, 2.05) is 31.2 Å². The molecule has 0 aliphatic rings. The summed E-state index contributed by atoms with van der Waals surface area (Å²) in [5.74, 6) is 0.632. The van der Waals surface area contributed by atoms with Crippen LogP contribution in [-0.2, 0) is 18.9 Å². The van der Waals surface area contributed by atoms with Gasteiger partial charge in [0, 0.05) is 32.4 Å². The van der Waals surface area contributed by atoms with Gasteiger partial charge in [0.1, 0.15) is 5.75 Å². The van der Waals surface area contributed by atoms with Gasteiger partial charge in [-0.2, -0.15) is 0 Å². The van der Waals surface area contributed by atoms with Gasteiger partial charge in [-0.15, -0.1) is 0 Å². The van der Waals surface area contributed by atoms with Gasteiger partial charge in [0.2, 0.25) is 11.8 Å². The molecule has 0 aliphatic heterocycles. The zero-order valence-electron chi connectivity index (χ0n) is 16.2. The standard InChI is InChI=1S/C21H20N4O4/c1-14-4-8-17(9-5-14)29-19-11-7-16(12-22-19)23-18(26)10-6-15-13-24(2)21(28)25(3)20(15)27/h4-13H,1-3H3,(H,23,26). The number of nitrogens with one attached hydrogen (secondary N) is 1. The van der Waals surface area contributed by atoms with Gasteiger partial charge in [0.05, 0.1) is 17.4 Å². The van der Waals surface area contributed by atoms with Gasteiger partial charge in [0.25, 0.3) is 5.56 Å². The molecule has 1 amide bonds. The number of hydrogen-bond acceptors (Lipinski definition) is 5. The second-order valence-electron chi connectivity index (χ2n) is 6.46. The van der Waals surface area contributed by atoms with Crippen molar-refractivity contribution in [3.8, 4) is 11.6 Å². The minimum absolute atomic E-state index is 0.227. The maximum absolute atomic E-state index is 12.1. The summed E-state index contributed by atoms with van der Waals surface area (Å²) in [6.07, 6.45) is 5.44. The highest BCUT2D eigenvalue weighted by atomic mass is 16.5. The number of carbonyl (C=O) groups excluding carboxylic acids is 1. The Morgan fingerprint density at radius 2 is 1.83 bits per heavy atom. The van der Waals surface area contributed by atoms with Crippen molar-refractivity contribution in [3.63, 3.8) is 0 Å². The van der Waals surface area contributed by atoms with Gasteiger partial charge in [-0.1, -0.05) is 17.7 Å². The van der Waals surface area contributed by atoms with Crippen LogP contribution in [-0.4, -0.2) is 20.0 Å². The number of amides is 1. The highest BCUT2D eigenvalue weighted by molar-refractivity contribution is 6.01. The summed E-state index contributed by atoms with van der Waals surface area (Å²) in [5, 5.41) is 2.65. The Hall–Kier alpha value is -3.94. The van der Waals surface area contributed by atoms with Crippen molar-refractivity contribution >= 4 is 17.7 Å². The van der Waals surface area contributed by atoms with Gasteiger partial charge in [-0.05, 0) is 31.2 Å². The maximum atomic E-state index is 12.1. The SMILES string of the molecule is Cc1ccc(Oc2ccc(NC(=O)C=Cc3cn(C)c(=O)n(C)c3=O)cn2)cc1. The van der Waals surface area contributed by atoms with E-state index in [0.717, 1.165) is 10.1 Å². The van der Waals surface area contributed by atoms with E-state index in [2.05, 4.69) is 10.3 Å². The van der Waals surface area contributed by atoms with E-state index in [1.54, 1.807) is 12.1 Å². The largest absolute Gasteiger partial charge is 0.439 e. The lowest BCUT2D eigenvalue weighted by atomic mass is 10.2. The van der Waals surface area contributed by atoms with Gasteiger partial charge < -0.3 is 14.6 Å². The molecule has 0 aliphatic carbocycles. The van der Waals surface area contributed by atoms with E-state index in [1.165, 1.54) is 43.2 Å². The summed E-state index contributed by atoms with van der Waals surface area (Å²) in [5.41, 5.74) is 0.924. The lowest BCUT2D eigenvalue weighted by Gasteiger charge is -2.06. The first kappa shape index (κ1) is 19.8. The quantitative estimate of drug-likeness (QED) is 0.672. The molecule has 0 atom stereocenters. The number of aromatic nitrogens is 3. The van der Waals surface area contributed by atoms with Crippen molar-refractivity contribution in [3.05, 3.63) is 86.8 Å². The Morgan fingerprint density at radius 1 is 1.10 bits per heavy atom. The van der Waals surface area contributed by atoms with Gasteiger partial charge in [-0.3, -0.25) is 14.2 Å². The Labute approximate surface area is 166 Å². The lowest BCUT2D eigenvalue weighted by molar-refractivity contribution is -0.111. The second-order valence-corrected chi connectivity index (χ2v) is 6.46. The first-order valence-corrected chi connectivity index (χ1v) is 8.80. The molecule has 2 heterocycles. The van der Waals surface area contributed by atoms with Crippen molar-refractivity contribution in [1.82, 2.24) is 14.1 Å². The average Bonchev–Trinajstić information content (AvgIpc) is 2.71. The number of ether oxygens (including phenoxy) is 1. The molecular weight excluding hydrogens is 372 g/mol. The molecule has 8 nitrogen and oxygen atoms in total. The van der Waals surface area contributed by atoms with E-state index in [4.69, 9.17) is 4.74 Å². The molecule has 1 N–H and O–H groups in total. The average molecular weight is 392 g/mol. The normalized spacial score (nSPS) is 10.9. The summed E-state index contributed by atoms with van der Waals surface area (Å²) in [6, 6.07) is 10.9. The molecule has 0 radical (unpaired) electrons. The topological polar surface area (TPSA) is 95.2 Å². The summed E-state index contributed by atoms with van der Waals surface area (Å²) in [7, 11) is 2.92. The van der Waals surface area contributed by atoms with E-state index in [0.29, 0.717) is 17.3 Å². The number of nitrogens with zero attached hydrogens (tertiary/aromatic N) is 3. The fourth-order valence-electron chi connectivity index (χ4n) is 2.54. The van der Waals surface area contributed by atoms with Crippen LogP contribution >= 0.6 is 0 Å². The van der Waals surface area contributed by atoms with Crippen molar-refractivity contribution in [2.24, 2.45) is 14.1 Å². The smallest absolute Gasteiger partial charge is 0.330 e. The molecule has 3 rings (SSSR count). The fraction of sp³-hybridized carbons (Fsp3) is 0.143. The molecule has 1 aromatic carbocycles. The molecular formula is C21H20N4O4. The predicted octanol–water partition coefficient (Wildman–Crippen LogP) is 2.23. The third-order valence-electron chi connectivity index (χ3n) is 4.13. The third kappa shape index (κ3) is 4.86. The number of rotatable bonds is 5. The molecule has 0 saturated carbocycles. The van der Waals surface area contributed by atoms with Crippen LogP contribution in [0.4, 0.5) is 5.69 Å². The van der Waals surface area contributed by atoms with Crippen LogP contribution < -0.4 is 21.3 Å². The Bertz CT molecular complexity index is 1170. The van der Waals surface area contributed by atoms with Crippen LogP contribution in [0.2, 0.25) is 0 Å². The fourth-order valence-corrected chi connectivity index (χ4v) is 2.54. The van der Waals surface area contributed by atoms with Gasteiger partial charge in [-0.25, -0.2) is 9.78 Å². The van der Waals surface area contributed by atoms with E-state index in [9.17, 15) is 14.4 Å². The van der Waals surface area contributed by atoms with Gasteiger partial charge in [0.15, 0.2) is 0 Å². The lowest BCUT2D eigenvalue weighted by Crippen LogP contribution is -2.37. The summed E-state index contributed by atoms with van der Waals surface area (Å²) in [4.78, 5) is 40.0. The minimum atomic E-state index is -0.476. The monoisotopic (exact) mass is 392 g/mol. The predicted molar refractivity (Wildman–Crippen MR) is 110 cm³/mol. The molecule has 0 unspecified atom stereocenters. The number of carbonyl (C=O) groups is 1. The first-order valence-electron chi connectivity index (χ1n) is 8.80. The second kappa shape index (κ2) is 8.39. The molecule has 8 heteroatoms. The van der Waals surface area contributed by atoms with Crippen LogP contribution in [0.5, 0.6) is 11.6 Å². The highest BCUT2D eigenvalue weighted by Crippen LogP contribution is 2.20. The molecule has 0 bridgehead atoms. The first-order chi connectivity index (χ1) is 13.8. The summed E-state index contributed by atoms with van der Waals surface area (Å²) >= 11 is 0. The number of anilines is 1. The number of pyridine rings is 1. The molecule has 0 spiro atoms. The van der Waals surface area contributed by atoms with E-state index < -0.39 is 17.2 Å². The van der Waals surface area contributed by atoms with Crippen molar-refractivity contribution < 1.29 is 9.53 Å². The van der Waals surface area contributed by atoms with E-state index >= 15 is 0 Å². The minimum Gasteiger partial charge on any atom is -0.439 e. The van der Waals surface area contributed by atoms with Crippen molar-refractivity contribution in [2.45, 2.75) is 6.92 Å². The summed E-state index contributed by atoms with van der Waals surface area (Å²) in [6.45, 7) is 1.99. The Morgan fingerprint density at radius 3 is 2.48 bits per heavy atom. The summed E-state index contributed by atoms with van der Waals surface area (Å²) < 4.78 is 7.90. The van der Waals surface area contributed by atoms with E-state index in [-0.39, 0.29) is 5.56 Å². The Kier molecular flexibility index (Phi) is 5.73. The molecule has 148 valence electrons. The molecule has 0 fully saturated rings. The van der Waals surface area contributed by atoms with Crippen molar-refractivity contribution in [1.29, 1.82) is 0 Å². The van der Waals surface area contributed by atoms with Crippen LogP contribution in [0.25, 0.3) is 6.08 Å². The molecule has 3 aromatic rings. The zero-order valence-corrected chi connectivity index (χ0v) is 16.2. The van der Waals surface area contributed by atoms with Crippen LogP contribution in [0.15, 0.2) is 64.5 Å². The number of aryl methyl sites for hydroxylation is 2. The molecule has 29 heavy (non-hydrogen) atoms. The van der Waals surface area contributed by atoms with Crippen LogP contribution in [0.1, 0.15) is 11.1 Å². The Balaban J connectivity index is 1.65. The number of benzene rings is 1. The van der Waals surface area contributed by atoms with Crippen LogP contribution in [0, 0.1) is 6.92 Å². The van der Waals surface area contributed by atoms with Gasteiger partial charge >= 0.3 is 5.69 Å². The van der Waals surface area contributed by atoms with Crippen LogP contribution in [0.3, 0.4) is 0 Å². The molecule has 2 aromatic heterocycles. The maximum Gasteiger partial charge on any atom is 0.330 e. The zero-order chi connectivity index (χ0) is 21.0. The molecule has 0 saturated heterocycles. The third-order valence-corrected chi connectivity index (χ3v) is 4.13.